The lowest BCUT2D eigenvalue weighted by molar-refractivity contribution is -0.115. The molecular formula is C28H30N4O3. The van der Waals surface area contributed by atoms with Crippen LogP contribution in [0.25, 0.3) is 16.7 Å². The summed E-state index contributed by atoms with van der Waals surface area (Å²) in [7, 11) is 0. The van der Waals surface area contributed by atoms with Crippen LogP contribution in [0.4, 0.5) is 10.5 Å². The maximum atomic E-state index is 12.5. The van der Waals surface area contributed by atoms with Crippen molar-refractivity contribution in [1.29, 1.82) is 0 Å². The maximum Gasteiger partial charge on any atom is 0.410 e. The Morgan fingerprint density at radius 1 is 1.06 bits per heavy atom. The van der Waals surface area contributed by atoms with E-state index in [2.05, 4.69) is 15.3 Å². The zero-order chi connectivity index (χ0) is 24.8. The molecule has 180 valence electrons. The van der Waals surface area contributed by atoms with E-state index in [1.165, 1.54) is 0 Å². The molecule has 2 aromatic heterocycles. The van der Waals surface area contributed by atoms with Gasteiger partial charge in [0.15, 0.2) is 0 Å². The summed E-state index contributed by atoms with van der Waals surface area (Å²) < 4.78 is 5.26. The van der Waals surface area contributed by atoms with Gasteiger partial charge in [0, 0.05) is 25.0 Å². The van der Waals surface area contributed by atoms with Gasteiger partial charge >= 0.3 is 6.09 Å². The van der Waals surface area contributed by atoms with E-state index in [-0.39, 0.29) is 24.5 Å². The van der Waals surface area contributed by atoms with Crippen molar-refractivity contribution in [2.45, 2.75) is 39.7 Å². The molecule has 0 fully saturated rings. The predicted molar refractivity (Wildman–Crippen MR) is 137 cm³/mol. The number of hydrogen-bond donors (Lipinski definition) is 1. The summed E-state index contributed by atoms with van der Waals surface area (Å²) in [6.45, 7) is 6.75. The molecule has 7 nitrogen and oxygen atoms in total. The number of nitrogens with one attached hydrogen (secondary N) is 1. The average Bonchev–Trinajstić information content (AvgIpc) is 2.85. The molecule has 7 heteroatoms. The minimum atomic E-state index is -0.288. The Bertz CT molecular complexity index is 1220. The Balaban J connectivity index is 1.30. The summed E-state index contributed by atoms with van der Waals surface area (Å²) in [4.78, 5) is 35.0. The highest BCUT2D eigenvalue weighted by molar-refractivity contribution is 5.92. The quantitative estimate of drug-likeness (QED) is 0.531. The van der Waals surface area contributed by atoms with Crippen LogP contribution >= 0.6 is 0 Å². The van der Waals surface area contributed by atoms with E-state index >= 15 is 0 Å². The van der Waals surface area contributed by atoms with Gasteiger partial charge in [0.25, 0.3) is 0 Å². The van der Waals surface area contributed by atoms with Gasteiger partial charge in [-0.2, -0.15) is 0 Å². The van der Waals surface area contributed by atoms with Crippen LogP contribution in [0.2, 0.25) is 0 Å². The second-order valence-electron chi connectivity index (χ2n) is 8.90. The molecule has 0 bridgehead atoms. The third-order valence-electron chi connectivity index (χ3n) is 5.73. The number of carbonyl (C=O) groups is 2. The first-order valence-corrected chi connectivity index (χ1v) is 11.8. The molecule has 2 amide bonds. The van der Waals surface area contributed by atoms with E-state index in [1.807, 2.05) is 75.4 Å². The molecule has 0 aliphatic carbocycles. The predicted octanol–water partition coefficient (Wildman–Crippen LogP) is 5.27. The maximum absolute atomic E-state index is 12.5. The van der Waals surface area contributed by atoms with Gasteiger partial charge in [-0.3, -0.25) is 14.8 Å². The number of ether oxygens (including phenoxy) is 1. The highest BCUT2D eigenvalue weighted by Crippen LogP contribution is 2.23. The van der Waals surface area contributed by atoms with Crippen LogP contribution < -0.4 is 5.32 Å². The van der Waals surface area contributed by atoms with Crippen LogP contribution in [0.1, 0.15) is 37.2 Å². The third-order valence-corrected chi connectivity index (χ3v) is 5.73. The van der Waals surface area contributed by atoms with E-state index in [9.17, 15) is 9.59 Å². The minimum Gasteiger partial charge on any atom is -0.447 e. The van der Waals surface area contributed by atoms with E-state index in [4.69, 9.17) is 4.74 Å². The van der Waals surface area contributed by atoms with Gasteiger partial charge in [0.1, 0.15) is 0 Å². The molecule has 4 rings (SSSR count). The molecule has 35 heavy (non-hydrogen) atoms. The summed E-state index contributed by atoms with van der Waals surface area (Å²) in [5.41, 5.74) is 6.70. The fraction of sp³-hybridized carbons (Fsp3) is 0.286. The number of carbonyl (C=O) groups excluding carboxylic acids is 2. The monoisotopic (exact) mass is 470 g/mol. The number of pyridine rings is 2. The fourth-order valence-corrected chi connectivity index (χ4v) is 3.93. The summed E-state index contributed by atoms with van der Waals surface area (Å²) >= 11 is 0. The number of anilines is 1. The molecular weight excluding hydrogens is 440 g/mol. The first kappa shape index (κ1) is 24.1. The number of aryl methyl sites for hydroxylation is 1. The van der Waals surface area contributed by atoms with Crippen molar-refractivity contribution in [2.75, 3.05) is 18.4 Å². The van der Waals surface area contributed by atoms with Crippen molar-refractivity contribution in [3.05, 3.63) is 84.0 Å². The van der Waals surface area contributed by atoms with Crippen LogP contribution in [0, 0.1) is 6.92 Å². The largest absolute Gasteiger partial charge is 0.447 e. The molecule has 0 atom stereocenters. The smallest absolute Gasteiger partial charge is 0.410 e. The van der Waals surface area contributed by atoms with Gasteiger partial charge in [-0.25, -0.2) is 4.79 Å². The number of amides is 2. The Morgan fingerprint density at radius 2 is 1.86 bits per heavy atom. The molecule has 3 aromatic rings. The molecule has 3 heterocycles. The van der Waals surface area contributed by atoms with E-state index in [0.717, 1.165) is 33.7 Å². The highest BCUT2D eigenvalue weighted by atomic mass is 16.6. The minimum absolute atomic E-state index is 0.0942. The number of aromatic nitrogens is 2. The van der Waals surface area contributed by atoms with Gasteiger partial charge in [-0.05, 0) is 73.7 Å². The van der Waals surface area contributed by atoms with E-state index in [1.54, 1.807) is 17.3 Å². The number of rotatable bonds is 6. The van der Waals surface area contributed by atoms with Crippen molar-refractivity contribution < 1.29 is 14.3 Å². The lowest BCUT2D eigenvalue weighted by Gasteiger charge is -2.26. The van der Waals surface area contributed by atoms with E-state index < -0.39 is 0 Å². The van der Waals surface area contributed by atoms with Crippen molar-refractivity contribution in [1.82, 2.24) is 14.9 Å². The molecule has 0 radical (unpaired) electrons. The number of benzene rings is 1. The lowest BCUT2D eigenvalue weighted by Crippen LogP contribution is -2.36. The van der Waals surface area contributed by atoms with Crippen LogP contribution in [0.15, 0.2) is 67.0 Å². The molecule has 0 unspecified atom stereocenters. The van der Waals surface area contributed by atoms with Crippen molar-refractivity contribution in [3.63, 3.8) is 0 Å². The molecule has 1 aliphatic rings. The zero-order valence-electron chi connectivity index (χ0n) is 20.3. The summed E-state index contributed by atoms with van der Waals surface area (Å²) in [6, 6.07) is 15.8. The second-order valence-corrected chi connectivity index (χ2v) is 8.90. The Morgan fingerprint density at radius 3 is 2.49 bits per heavy atom. The van der Waals surface area contributed by atoms with Gasteiger partial charge < -0.3 is 15.0 Å². The topological polar surface area (TPSA) is 84.4 Å². The van der Waals surface area contributed by atoms with Crippen molar-refractivity contribution >= 4 is 23.3 Å². The highest BCUT2D eigenvalue weighted by Gasteiger charge is 2.20. The molecule has 1 aliphatic heterocycles. The fourth-order valence-electron chi connectivity index (χ4n) is 3.93. The lowest BCUT2D eigenvalue weighted by atomic mass is 10.0. The third kappa shape index (κ3) is 6.53. The molecule has 1 N–H and O–H groups in total. The summed E-state index contributed by atoms with van der Waals surface area (Å²) in [5.74, 6) is -0.0942. The molecule has 0 saturated carbocycles. The second kappa shape index (κ2) is 11.0. The normalized spacial score (nSPS) is 13.4. The number of hydrogen-bond acceptors (Lipinski definition) is 5. The van der Waals surface area contributed by atoms with Crippen molar-refractivity contribution in [3.8, 4) is 11.1 Å². The van der Waals surface area contributed by atoms with Crippen LogP contribution in [-0.2, 0) is 16.0 Å². The Labute approximate surface area is 205 Å². The Hall–Kier alpha value is -4.00. The SMILES string of the molecule is Cc1cc(-c2ccc(CC(=O)Nc3ccc(C4=CCN(C(=O)OC(C)C)CC4)nc3)cc2)ccn1. The average molecular weight is 471 g/mol. The van der Waals surface area contributed by atoms with Gasteiger partial charge in [-0.1, -0.05) is 30.3 Å². The van der Waals surface area contributed by atoms with Crippen LogP contribution in [0.3, 0.4) is 0 Å². The molecule has 1 aromatic carbocycles. The van der Waals surface area contributed by atoms with Gasteiger partial charge in [-0.15, -0.1) is 0 Å². The first-order chi connectivity index (χ1) is 16.9. The van der Waals surface area contributed by atoms with Crippen LogP contribution in [-0.4, -0.2) is 46.1 Å². The molecule has 0 spiro atoms. The Kier molecular flexibility index (Phi) is 7.55. The van der Waals surface area contributed by atoms with Crippen LogP contribution in [0.5, 0.6) is 0 Å². The molecule has 0 saturated heterocycles. The summed E-state index contributed by atoms with van der Waals surface area (Å²) in [6.07, 6.45) is 6.04. The zero-order valence-corrected chi connectivity index (χ0v) is 20.3. The van der Waals surface area contributed by atoms with E-state index in [0.29, 0.717) is 25.2 Å². The standard InChI is InChI=1S/C28H30N4O3/c1-19(2)35-28(34)32-14-11-23(12-15-32)26-9-8-25(18-30-26)31-27(33)17-21-4-6-22(7-5-21)24-10-13-29-20(3)16-24/h4-11,13,16,18-19H,12,14-15,17H2,1-3H3,(H,31,33). The number of nitrogens with zero attached hydrogens (tertiary/aromatic N) is 3. The van der Waals surface area contributed by atoms with Gasteiger partial charge in [0.05, 0.1) is 30.1 Å². The first-order valence-electron chi connectivity index (χ1n) is 11.8. The summed E-state index contributed by atoms with van der Waals surface area (Å²) in [5, 5.41) is 2.92. The van der Waals surface area contributed by atoms with Crippen molar-refractivity contribution in [2.24, 2.45) is 0 Å². The van der Waals surface area contributed by atoms with Gasteiger partial charge in [0.2, 0.25) is 5.91 Å².